The van der Waals surface area contributed by atoms with E-state index >= 15 is 0 Å². The third-order valence-corrected chi connectivity index (χ3v) is 9.39. The summed E-state index contributed by atoms with van der Waals surface area (Å²) in [6.07, 6.45) is 6.82. The molecule has 1 nitrogen and oxygen atoms in total. The van der Waals surface area contributed by atoms with Crippen molar-refractivity contribution < 1.29 is 0 Å². The van der Waals surface area contributed by atoms with Gasteiger partial charge in [0.05, 0.1) is 0 Å². The van der Waals surface area contributed by atoms with Gasteiger partial charge >= 0.3 is 0 Å². The van der Waals surface area contributed by atoms with E-state index in [1.54, 1.807) is 0 Å². The molecule has 1 heteroatoms. The van der Waals surface area contributed by atoms with Gasteiger partial charge in [-0.25, -0.2) is 0 Å². The molecular weight excluding hydrogens is 555 g/mol. The summed E-state index contributed by atoms with van der Waals surface area (Å²) >= 11 is 0. The molecule has 0 fully saturated rings. The molecule has 0 aliphatic heterocycles. The summed E-state index contributed by atoms with van der Waals surface area (Å²) in [4.78, 5) is 2.28. The average molecular weight is 590 g/mol. The number of allylic oxidation sites excluding steroid dienone is 1. The number of anilines is 2. The van der Waals surface area contributed by atoms with Gasteiger partial charge in [-0.3, -0.25) is 0 Å². The highest BCUT2D eigenvalue weighted by molar-refractivity contribution is 6.21. The Morgan fingerprint density at radius 3 is 1.80 bits per heavy atom. The molecule has 0 aromatic heterocycles. The molecule has 0 radical (unpaired) electrons. The van der Waals surface area contributed by atoms with Crippen molar-refractivity contribution in [2.24, 2.45) is 0 Å². The van der Waals surface area contributed by atoms with Crippen LogP contribution in [0.4, 0.5) is 11.4 Å². The Balaban J connectivity index is 1.30. The van der Waals surface area contributed by atoms with Crippen LogP contribution in [0.2, 0.25) is 0 Å². The van der Waals surface area contributed by atoms with Crippen LogP contribution < -0.4 is 4.90 Å². The molecule has 7 aromatic rings. The van der Waals surface area contributed by atoms with Gasteiger partial charge in [0.15, 0.2) is 0 Å². The molecule has 0 N–H and O–H groups in total. The van der Waals surface area contributed by atoms with Crippen molar-refractivity contribution in [2.45, 2.75) is 19.8 Å². The van der Waals surface area contributed by atoms with E-state index in [2.05, 4.69) is 170 Å². The third kappa shape index (κ3) is 4.82. The molecule has 7 aromatic carbocycles. The van der Waals surface area contributed by atoms with E-state index in [0.717, 1.165) is 35.5 Å². The standard InChI is InChI=1S/C45H35N/c1-31-14-6-13-23-43(31)46(32(2)33-15-4-3-5-16-33)38-28-26-35(27-29-38)44-39-19-9-11-21-41(39)45(42-22-12-10-20-40(42)44)37-25-24-34-17-7-8-18-36(34)30-37/h3-6,8-16,18-30H,2,7,17H2,1H3. The van der Waals surface area contributed by atoms with E-state index in [0.29, 0.717) is 0 Å². The number of para-hydroxylation sites is 1. The molecule has 1 aliphatic carbocycles. The van der Waals surface area contributed by atoms with Crippen molar-refractivity contribution in [2.75, 3.05) is 4.90 Å². The van der Waals surface area contributed by atoms with Gasteiger partial charge in [0.2, 0.25) is 0 Å². The number of rotatable bonds is 6. The zero-order chi connectivity index (χ0) is 31.0. The van der Waals surface area contributed by atoms with Crippen LogP contribution in [-0.4, -0.2) is 0 Å². The molecule has 0 atom stereocenters. The highest BCUT2D eigenvalue weighted by Gasteiger charge is 2.20. The van der Waals surface area contributed by atoms with Crippen molar-refractivity contribution in [3.63, 3.8) is 0 Å². The Bertz CT molecular complexity index is 2220. The highest BCUT2D eigenvalue weighted by Crippen LogP contribution is 2.45. The van der Waals surface area contributed by atoms with Gasteiger partial charge in [-0.2, -0.15) is 0 Å². The van der Waals surface area contributed by atoms with Gasteiger partial charge in [0, 0.05) is 17.1 Å². The van der Waals surface area contributed by atoms with Crippen LogP contribution in [0.1, 0.15) is 28.7 Å². The fourth-order valence-corrected chi connectivity index (χ4v) is 7.12. The average Bonchev–Trinajstić information content (AvgIpc) is 3.12. The maximum Gasteiger partial charge on any atom is 0.0490 e. The van der Waals surface area contributed by atoms with Crippen molar-refractivity contribution >= 4 is 44.7 Å². The first-order chi connectivity index (χ1) is 22.7. The predicted octanol–water partition coefficient (Wildman–Crippen LogP) is 12.4. The smallest absolute Gasteiger partial charge is 0.0490 e. The van der Waals surface area contributed by atoms with Gasteiger partial charge in [-0.15, -0.1) is 0 Å². The Morgan fingerprint density at radius 2 is 1.15 bits per heavy atom. The second-order valence-electron chi connectivity index (χ2n) is 12.2. The summed E-state index contributed by atoms with van der Waals surface area (Å²) < 4.78 is 0. The molecule has 0 unspecified atom stereocenters. The minimum atomic E-state index is 0.947. The highest BCUT2D eigenvalue weighted by atomic mass is 15.1. The summed E-state index contributed by atoms with van der Waals surface area (Å²) in [6, 6.07) is 52.8. The molecule has 220 valence electrons. The van der Waals surface area contributed by atoms with Crippen LogP contribution in [0.3, 0.4) is 0 Å². The van der Waals surface area contributed by atoms with Crippen molar-refractivity contribution in [3.05, 3.63) is 181 Å². The predicted molar refractivity (Wildman–Crippen MR) is 198 cm³/mol. The molecule has 0 saturated carbocycles. The third-order valence-electron chi connectivity index (χ3n) is 9.39. The summed E-state index contributed by atoms with van der Waals surface area (Å²) in [5, 5.41) is 5.08. The van der Waals surface area contributed by atoms with Crippen LogP contribution in [0, 0.1) is 6.92 Å². The van der Waals surface area contributed by atoms with Crippen LogP contribution >= 0.6 is 0 Å². The summed E-state index contributed by atoms with van der Waals surface area (Å²) in [6.45, 7) is 6.73. The molecule has 8 rings (SSSR count). The maximum atomic E-state index is 4.57. The fourth-order valence-electron chi connectivity index (χ4n) is 7.12. The van der Waals surface area contributed by atoms with E-state index in [-0.39, 0.29) is 0 Å². The Kier molecular flexibility index (Phi) is 7.08. The van der Waals surface area contributed by atoms with Crippen molar-refractivity contribution in [1.29, 1.82) is 0 Å². The van der Waals surface area contributed by atoms with E-state index in [1.807, 2.05) is 6.07 Å². The molecule has 46 heavy (non-hydrogen) atoms. The van der Waals surface area contributed by atoms with Gasteiger partial charge < -0.3 is 4.90 Å². The maximum absolute atomic E-state index is 4.57. The van der Waals surface area contributed by atoms with Crippen LogP contribution in [-0.2, 0) is 6.42 Å². The van der Waals surface area contributed by atoms with Crippen LogP contribution in [0.15, 0.2) is 158 Å². The molecule has 0 saturated heterocycles. The Hall–Kier alpha value is -5.66. The Morgan fingerprint density at radius 1 is 0.587 bits per heavy atom. The lowest BCUT2D eigenvalue weighted by molar-refractivity contribution is 0.986. The van der Waals surface area contributed by atoms with E-state index < -0.39 is 0 Å². The molecule has 0 spiro atoms. The lowest BCUT2D eigenvalue weighted by Gasteiger charge is -2.29. The Labute approximate surface area is 271 Å². The lowest BCUT2D eigenvalue weighted by atomic mass is 9.84. The minimum absolute atomic E-state index is 0.947. The number of hydrogen-bond donors (Lipinski definition) is 0. The molecular formula is C45H35N. The van der Waals surface area contributed by atoms with E-state index in [4.69, 9.17) is 0 Å². The SMILES string of the molecule is C=C(c1ccccc1)N(c1ccc(-c2c3ccccc3c(-c3ccc4c(c3)C=CCC4)c3ccccc23)cc1)c1ccccc1C. The number of hydrogen-bond acceptors (Lipinski definition) is 1. The van der Waals surface area contributed by atoms with Gasteiger partial charge in [-0.05, 0) is 110 Å². The number of fused-ring (bicyclic) bond motifs is 3. The topological polar surface area (TPSA) is 3.24 Å². The first-order valence-corrected chi connectivity index (χ1v) is 16.1. The summed E-state index contributed by atoms with van der Waals surface area (Å²) in [5.74, 6) is 0. The van der Waals surface area contributed by atoms with Crippen molar-refractivity contribution in [1.82, 2.24) is 0 Å². The normalized spacial score (nSPS) is 12.3. The largest absolute Gasteiger partial charge is 0.310 e. The zero-order valence-corrected chi connectivity index (χ0v) is 26.1. The summed E-state index contributed by atoms with van der Waals surface area (Å²) in [7, 11) is 0. The number of aryl methyl sites for hydroxylation is 2. The molecule has 0 amide bonds. The van der Waals surface area contributed by atoms with Gasteiger partial charge in [0.1, 0.15) is 0 Å². The second kappa shape index (κ2) is 11.7. The number of nitrogens with zero attached hydrogens (tertiary/aromatic N) is 1. The monoisotopic (exact) mass is 589 g/mol. The van der Waals surface area contributed by atoms with Gasteiger partial charge in [0.25, 0.3) is 0 Å². The first kappa shape index (κ1) is 27.9. The van der Waals surface area contributed by atoms with E-state index in [1.165, 1.54) is 60.5 Å². The molecule has 0 bridgehead atoms. The van der Waals surface area contributed by atoms with Gasteiger partial charge in [-0.1, -0.05) is 140 Å². The van der Waals surface area contributed by atoms with E-state index in [9.17, 15) is 0 Å². The van der Waals surface area contributed by atoms with Crippen molar-refractivity contribution in [3.8, 4) is 22.3 Å². The second-order valence-corrected chi connectivity index (χ2v) is 12.2. The quantitative estimate of drug-likeness (QED) is 0.174. The van der Waals surface area contributed by atoms with Crippen LogP contribution in [0.5, 0.6) is 0 Å². The fraction of sp³-hybridized carbons (Fsp3) is 0.0667. The summed E-state index contributed by atoms with van der Waals surface area (Å²) in [5.41, 5.74) is 13.3. The first-order valence-electron chi connectivity index (χ1n) is 16.1. The molecule has 1 aliphatic rings. The zero-order valence-electron chi connectivity index (χ0n) is 26.1. The van der Waals surface area contributed by atoms with Crippen LogP contribution in [0.25, 0.3) is 55.6 Å². The molecule has 0 heterocycles. The lowest BCUT2D eigenvalue weighted by Crippen LogP contribution is -2.15. The number of benzene rings is 7. The minimum Gasteiger partial charge on any atom is -0.310 e.